The van der Waals surface area contributed by atoms with Crippen molar-refractivity contribution >= 4 is 48.1 Å². The standard InChI is InChI=1S/C17H32N4O5S2/c1-5-9(2)13(17(25)26)21-16(24)12(8-27)20-15(23)11(6-7-28-4)19-14(22)10(3)18/h9-13,27H,5-8,18H2,1-4H3,(H,19,22)(H,20,23)(H,21,24)(H,25,26). The molecule has 0 spiro atoms. The van der Waals surface area contributed by atoms with Gasteiger partial charge in [-0.1, -0.05) is 20.3 Å². The summed E-state index contributed by atoms with van der Waals surface area (Å²) in [7, 11) is 0. The molecule has 0 heterocycles. The van der Waals surface area contributed by atoms with E-state index < -0.39 is 47.9 Å². The summed E-state index contributed by atoms with van der Waals surface area (Å²) in [5, 5.41) is 16.9. The number of thiol groups is 1. The molecule has 0 aliphatic rings. The topological polar surface area (TPSA) is 151 Å². The number of carbonyl (C=O) groups excluding carboxylic acids is 3. The van der Waals surface area contributed by atoms with E-state index in [2.05, 4.69) is 28.6 Å². The Kier molecular flexibility index (Phi) is 13.0. The molecule has 11 heteroatoms. The number of carboxylic acids is 1. The predicted molar refractivity (Wildman–Crippen MR) is 113 cm³/mol. The van der Waals surface area contributed by atoms with Crippen LogP contribution >= 0.6 is 24.4 Å². The summed E-state index contributed by atoms with van der Waals surface area (Å²) in [5.41, 5.74) is 5.53. The second-order valence-electron chi connectivity index (χ2n) is 6.59. The first-order chi connectivity index (χ1) is 13.1. The van der Waals surface area contributed by atoms with E-state index in [-0.39, 0.29) is 11.7 Å². The Morgan fingerprint density at radius 3 is 2.00 bits per heavy atom. The summed E-state index contributed by atoms with van der Waals surface area (Å²) >= 11 is 5.59. The number of hydrogen-bond donors (Lipinski definition) is 6. The van der Waals surface area contributed by atoms with Crippen molar-refractivity contribution in [3.05, 3.63) is 0 Å². The monoisotopic (exact) mass is 436 g/mol. The van der Waals surface area contributed by atoms with Gasteiger partial charge in [0.05, 0.1) is 6.04 Å². The minimum atomic E-state index is -1.14. The Balaban J connectivity index is 5.14. The Morgan fingerprint density at radius 2 is 1.57 bits per heavy atom. The van der Waals surface area contributed by atoms with E-state index in [0.717, 1.165) is 0 Å². The third-order valence-electron chi connectivity index (χ3n) is 4.25. The number of hydrogen-bond acceptors (Lipinski definition) is 7. The van der Waals surface area contributed by atoms with Crippen molar-refractivity contribution in [1.82, 2.24) is 16.0 Å². The molecule has 0 aromatic carbocycles. The molecule has 0 aliphatic carbocycles. The van der Waals surface area contributed by atoms with Gasteiger partial charge in [-0.3, -0.25) is 14.4 Å². The van der Waals surface area contributed by atoms with E-state index in [9.17, 15) is 24.3 Å². The van der Waals surface area contributed by atoms with Gasteiger partial charge < -0.3 is 26.8 Å². The molecule has 5 unspecified atom stereocenters. The first kappa shape index (κ1) is 26.5. The van der Waals surface area contributed by atoms with Crippen LogP contribution in [0, 0.1) is 5.92 Å². The minimum absolute atomic E-state index is 0.0269. The average Bonchev–Trinajstić information content (AvgIpc) is 2.65. The SMILES string of the molecule is CCC(C)C(NC(=O)C(CS)NC(=O)C(CCSC)NC(=O)C(C)N)C(=O)O. The fraction of sp³-hybridized carbons (Fsp3) is 0.765. The quantitative estimate of drug-likeness (QED) is 0.215. The number of amides is 3. The fourth-order valence-electron chi connectivity index (χ4n) is 2.21. The van der Waals surface area contributed by atoms with Crippen LogP contribution in [0.2, 0.25) is 0 Å². The number of nitrogens with one attached hydrogen (secondary N) is 3. The zero-order valence-corrected chi connectivity index (χ0v) is 18.4. The zero-order chi connectivity index (χ0) is 21.9. The Morgan fingerprint density at radius 1 is 1.04 bits per heavy atom. The maximum absolute atomic E-state index is 12.6. The van der Waals surface area contributed by atoms with E-state index in [0.29, 0.717) is 18.6 Å². The molecule has 0 aliphatic heterocycles. The van der Waals surface area contributed by atoms with Gasteiger partial charge in [0, 0.05) is 5.75 Å². The van der Waals surface area contributed by atoms with Gasteiger partial charge in [-0.2, -0.15) is 24.4 Å². The van der Waals surface area contributed by atoms with Crippen molar-refractivity contribution in [3.8, 4) is 0 Å². The Labute approximate surface area is 175 Å². The highest BCUT2D eigenvalue weighted by Crippen LogP contribution is 2.09. The van der Waals surface area contributed by atoms with Gasteiger partial charge in [-0.15, -0.1) is 0 Å². The second kappa shape index (κ2) is 13.7. The van der Waals surface area contributed by atoms with Gasteiger partial charge in [-0.05, 0) is 31.3 Å². The van der Waals surface area contributed by atoms with Crippen LogP contribution in [0.3, 0.4) is 0 Å². The van der Waals surface area contributed by atoms with Crippen LogP contribution in [0.5, 0.6) is 0 Å². The van der Waals surface area contributed by atoms with Gasteiger partial charge in [0.15, 0.2) is 0 Å². The third kappa shape index (κ3) is 9.16. The first-order valence-electron chi connectivity index (χ1n) is 9.08. The maximum Gasteiger partial charge on any atom is 0.326 e. The minimum Gasteiger partial charge on any atom is -0.480 e. The molecule has 162 valence electrons. The molecule has 5 atom stereocenters. The zero-order valence-electron chi connectivity index (χ0n) is 16.7. The third-order valence-corrected chi connectivity index (χ3v) is 5.26. The van der Waals surface area contributed by atoms with Crippen LogP contribution < -0.4 is 21.7 Å². The van der Waals surface area contributed by atoms with Crippen molar-refractivity contribution in [1.29, 1.82) is 0 Å². The number of aliphatic carboxylic acids is 1. The van der Waals surface area contributed by atoms with Crippen LogP contribution in [0.1, 0.15) is 33.6 Å². The molecular weight excluding hydrogens is 404 g/mol. The molecule has 0 saturated carbocycles. The highest BCUT2D eigenvalue weighted by Gasteiger charge is 2.30. The van der Waals surface area contributed by atoms with Gasteiger partial charge in [0.1, 0.15) is 18.1 Å². The van der Waals surface area contributed by atoms with E-state index in [4.69, 9.17) is 5.73 Å². The van der Waals surface area contributed by atoms with Gasteiger partial charge >= 0.3 is 5.97 Å². The van der Waals surface area contributed by atoms with E-state index in [1.807, 2.05) is 13.2 Å². The number of nitrogens with two attached hydrogens (primary N) is 1. The van der Waals surface area contributed by atoms with Gasteiger partial charge in [0.25, 0.3) is 0 Å². The molecule has 28 heavy (non-hydrogen) atoms. The molecule has 3 amide bonds. The van der Waals surface area contributed by atoms with Crippen molar-refractivity contribution < 1.29 is 24.3 Å². The molecule has 0 rings (SSSR count). The Bertz CT molecular complexity index is 548. The van der Waals surface area contributed by atoms with Crippen molar-refractivity contribution in [3.63, 3.8) is 0 Å². The largest absolute Gasteiger partial charge is 0.480 e. The fourth-order valence-corrected chi connectivity index (χ4v) is 2.94. The molecule has 0 aromatic heterocycles. The van der Waals surface area contributed by atoms with Gasteiger partial charge in [-0.25, -0.2) is 4.79 Å². The van der Waals surface area contributed by atoms with E-state index in [1.54, 1.807) is 6.92 Å². The summed E-state index contributed by atoms with van der Waals surface area (Å²) in [6.07, 6.45) is 2.79. The van der Waals surface area contributed by atoms with Crippen LogP contribution in [0.15, 0.2) is 0 Å². The summed E-state index contributed by atoms with van der Waals surface area (Å²) in [5.74, 6) is -2.50. The van der Waals surface area contributed by atoms with E-state index in [1.165, 1.54) is 18.7 Å². The lowest BCUT2D eigenvalue weighted by Crippen LogP contribution is -2.58. The summed E-state index contributed by atoms with van der Waals surface area (Å²) in [6, 6.07) is -3.74. The highest BCUT2D eigenvalue weighted by molar-refractivity contribution is 7.98. The maximum atomic E-state index is 12.6. The number of carboxylic acid groups (broad SMARTS) is 1. The molecule has 0 saturated heterocycles. The molecule has 0 fully saturated rings. The van der Waals surface area contributed by atoms with Crippen LogP contribution in [-0.4, -0.2) is 70.7 Å². The lowest BCUT2D eigenvalue weighted by atomic mass is 9.99. The summed E-state index contributed by atoms with van der Waals surface area (Å²) in [6.45, 7) is 5.04. The molecule has 0 bridgehead atoms. The second-order valence-corrected chi connectivity index (χ2v) is 7.94. The molecule has 9 nitrogen and oxygen atoms in total. The van der Waals surface area contributed by atoms with Crippen molar-refractivity contribution in [2.24, 2.45) is 11.7 Å². The number of thioether (sulfide) groups is 1. The normalized spacial score (nSPS) is 16.2. The number of rotatable bonds is 13. The van der Waals surface area contributed by atoms with Crippen LogP contribution in [0.4, 0.5) is 0 Å². The lowest BCUT2D eigenvalue weighted by Gasteiger charge is -2.25. The summed E-state index contributed by atoms with van der Waals surface area (Å²) in [4.78, 5) is 48.3. The predicted octanol–water partition coefficient (Wildman–Crippen LogP) is -0.398. The van der Waals surface area contributed by atoms with Crippen molar-refractivity contribution in [2.75, 3.05) is 17.8 Å². The first-order valence-corrected chi connectivity index (χ1v) is 11.1. The molecule has 0 aromatic rings. The molecule has 6 N–H and O–H groups in total. The highest BCUT2D eigenvalue weighted by atomic mass is 32.2. The molecular formula is C17H32N4O5S2. The molecule has 0 radical (unpaired) electrons. The smallest absolute Gasteiger partial charge is 0.326 e. The summed E-state index contributed by atoms with van der Waals surface area (Å²) < 4.78 is 0. The van der Waals surface area contributed by atoms with Gasteiger partial charge in [0.2, 0.25) is 17.7 Å². The lowest BCUT2D eigenvalue weighted by molar-refractivity contribution is -0.143. The Hall–Kier alpha value is -1.46. The number of carbonyl (C=O) groups is 4. The van der Waals surface area contributed by atoms with Crippen LogP contribution in [-0.2, 0) is 19.2 Å². The van der Waals surface area contributed by atoms with Crippen molar-refractivity contribution in [2.45, 2.75) is 57.8 Å². The van der Waals surface area contributed by atoms with E-state index >= 15 is 0 Å². The van der Waals surface area contributed by atoms with Crippen LogP contribution in [0.25, 0.3) is 0 Å². The average molecular weight is 437 g/mol.